The molecule has 0 aromatic heterocycles. The lowest BCUT2D eigenvalue weighted by atomic mass is 9.90. The van der Waals surface area contributed by atoms with Gasteiger partial charge in [0.15, 0.2) is 0 Å². The first kappa shape index (κ1) is 21.1. The second-order valence-corrected chi connectivity index (χ2v) is 9.52. The maximum absolute atomic E-state index is 10.4. The molecule has 2 fully saturated rings. The van der Waals surface area contributed by atoms with Crippen LogP contribution >= 0.6 is 23.4 Å². The average Bonchev–Trinajstić information content (AvgIpc) is 3.54. The number of aliphatic hydroxyl groups is 4. The fourth-order valence-electron chi connectivity index (χ4n) is 3.57. The maximum atomic E-state index is 10.4. The highest BCUT2D eigenvalue weighted by atomic mass is 35.5. The molecule has 1 unspecified atom stereocenters. The molecule has 7 heteroatoms. The molecule has 0 amide bonds. The molecule has 0 spiro atoms. The Kier molecular flexibility index (Phi) is 6.51. The molecule has 2 aromatic rings. The first-order valence-electron chi connectivity index (χ1n) is 9.80. The Morgan fingerprint density at radius 3 is 2.34 bits per heavy atom. The van der Waals surface area contributed by atoms with E-state index in [2.05, 4.69) is 24.3 Å². The van der Waals surface area contributed by atoms with Crippen LogP contribution in [0.3, 0.4) is 0 Å². The summed E-state index contributed by atoms with van der Waals surface area (Å²) in [4.78, 5) is 1.28. The number of hydrogen-bond acceptors (Lipinski definition) is 6. The van der Waals surface area contributed by atoms with Crippen LogP contribution in [0, 0.1) is 0 Å². The summed E-state index contributed by atoms with van der Waals surface area (Å²) in [5, 5.41) is 41.2. The molecule has 0 radical (unpaired) electrons. The number of aliphatic hydroxyl groups excluding tert-OH is 4. The molecule has 156 valence electrons. The molecule has 2 aromatic carbocycles. The highest BCUT2D eigenvalue weighted by molar-refractivity contribution is 8.00. The summed E-state index contributed by atoms with van der Waals surface area (Å²) < 4.78 is 5.66. The molecule has 1 saturated carbocycles. The first-order valence-corrected chi connectivity index (χ1v) is 11.1. The lowest BCUT2D eigenvalue weighted by molar-refractivity contribution is -0.231. The van der Waals surface area contributed by atoms with Gasteiger partial charge in [-0.05, 0) is 54.2 Å². The lowest BCUT2D eigenvalue weighted by Gasteiger charge is -2.40. The molecule has 4 rings (SSSR count). The van der Waals surface area contributed by atoms with Crippen molar-refractivity contribution in [2.24, 2.45) is 0 Å². The topological polar surface area (TPSA) is 90.2 Å². The standard InChI is InChI=1S/C22H25ClO5S/c23-17-8-3-13(22-21(27)20(26)19(25)18(11-24)28-22)10-14(17)9-12-1-4-15(5-2-12)29-16-6-7-16/h1-5,8,10,16,18-22,24-27H,6-7,9,11H2/t18-,19-,20?,21-,22+/m1/s1. The van der Waals surface area contributed by atoms with Gasteiger partial charge in [0.25, 0.3) is 0 Å². The van der Waals surface area contributed by atoms with Crippen LogP contribution in [0.25, 0.3) is 0 Å². The van der Waals surface area contributed by atoms with Crippen molar-refractivity contribution >= 4 is 23.4 Å². The summed E-state index contributed by atoms with van der Waals surface area (Å²) in [7, 11) is 0. The number of benzene rings is 2. The molecule has 5 nitrogen and oxygen atoms in total. The van der Waals surface area contributed by atoms with E-state index >= 15 is 0 Å². The zero-order valence-electron chi connectivity index (χ0n) is 15.8. The van der Waals surface area contributed by atoms with Crippen LogP contribution < -0.4 is 0 Å². The Bertz CT molecular complexity index is 840. The van der Waals surface area contributed by atoms with E-state index in [1.165, 1.54) is 17.7 Å². The first-order chi connectivity index (χ1) is 14.0. The fraction of sp³-hybridized carbons (Fsp3) is 0.455. The number of thioether (sulfide) groups is 1. The number of ether oxygens (including phenoxy) is 1. The molecular formula is C22H25ClO5S. The third kappa shape index (κ3) is 4.80. The second kappa shape index (κ2) is 8.94. The van der Waals surface area contributed by atoms with Crippen molar-refractivity contribution in [1.82, 2.24) is 0 Å². The van der Waals surface area contributed by atoms with Gasteiger partial charge in [-0.1, -0.05) is 35.9 Å². The van der Waals surface area contributed by atoms with Crippen molar-refractivity contribution in [3.8, 4) is 0 Å². The van der Waals surface area contributed by atoms with E-state index in [4.69, 9.17) is 16.3 Å². The van der Waals surface area contributed by atoms with Crippen LogP contribution in [0.5, 0.6) is 0 Å². The van der Waals surface area contributed by atoms with Gasteiger partial charge in [0.05, 0.1) is 6.61 Å². The summed E-state index contributed by atoms with van der Waals surface area (Å²) in [5.74, 6) is 0. The monoisotopic (exact) mass is 436 g/mol. The third-order valence-corrected chi connectivity index (χ3v) is 7.15. The average molecular weight is 437 g/mol. The molecule has 1 aliphatic heterocycles. The summed E-state index contributed by atoms with van der Waals surface area (Å²) in [6, 6.07) is 13.8. The number of rotatable bonds is 6. The highest BCUT2D eigenvalue weighted by Gasteiger charge is 2.44. The van der Waals surface area contributed by atoms with E-state index in [1.807, 2.05) is 17.8 Å². The Balaban J connectivity index is 1.52. The van der Waals surface area contributed by atoms with Gasteiger partial charge in [0.2, 0.25) is 0 Å². The zero-order chi connectivity index (χ0) is 20.5. The third-order valence-electron chi connectivity index (χ3n) is 5.44. The van der Waals surface area contributed by atoms with E-state index in [-0.39, 0.29) is 0 Å². The lowest BCUT2D eigenvalue weighted by Crippen LogP contribution is -2.55. The van der Waals surface area contributed by atoms with E-state index in [9.17, 15) is 20.4 Å². The van der Waals surface area contributed by atoms with E-state index < -0.39 is 37.1 Å². The van der Waals surface area contributed by atoms with Crippen LogP contribution in [0.1, 0.15) is 35.6 Å². The van der Waals surface area contributed by atoms with Gasteiger partial charge < -0.3 is 25.2 Å². The molecule has 2 aliphatic rings. The molecule has 5 atom stereocenters. The van der Waals surface area contributed by atoms with Gasteiger partial charge in [-0.15, -0.1) is 11.8 Å². The summed E-state index contributed by atoms with van der Waals surface area (Å²) in [5.41, 5.74) is 2.64. The summed E-state index contributed by atoms with van der Waals surface area (Å²) >= 11 is 8.32. The Morgan fingerprint density at radius 2 is 1.69 bits per heavy atom. The molecule has 1 heterocycles. The molecular weight excluding hydrogens is 412 g/mol. The summed E-state index contributed by atoms with van der Waals surface area (Å²) in [6.07, 6.45) is -2.65. The predicted octanol–water partition coefficient (Wildman–Crippen LogP) is 2.70. The fourth-order valence-corrected chi connectivity index (χ4v) is 4.80. The van der Waals surface area contributed by atoms with Crippen molar-refractivity contribution in [1.29, 1.82) is 0 Å². The van der Waals surface area contributed by atoms with Crippen LogP contribution in [-0.2, 0) is 11.2 Å². The second-order valence-electron chi connectivity index (χ2n) is 7.74. The van der Waals surface area contributed by atoms with E-state index in [1.54, 1.807) is 12.1 Å². The number of halogens is 1. The van der Waals surface area contributed by atoms with Crippen LogP contribution in [0.4, 0.5) is 0 Å². The summed E-state index contributed by atoms with van der Waals surface area (Å²) in [6.45, 7) is -0.451. The van der Waals surface area contributed by atoms with Crippen molar-refractivity contribution in [2.45, 2.75) is 59.9 Å². The van der Waals surface area contributed by atoms with Crippen LogP contribution in [0.2, 0.25) is 5.02 Å². The molecule has 1 saturated heterocycles. The smallest absolute Gasteiger partial charge is 0.113 e. The normalized spacial score (nSPS) is 29.8. The SMILES string of the molecule is OC[C@H]1O[C@@H](c2ccc(Cl)c(Cc3ccc(SC4CC4)cc3)c2)[C@H](O)C(O)[C@@H]1O. The van der Waals surface area contributed by atoms with E-state index in [0.717, 1.165) is 16.4 Å². The minimum Gasteiger partial charge on any atom is -0.394 e. The Labute approximate surface area is 179 Å². The molecule has 1 aliphatic carbocycles. The van der Waals surface area contributed by atoms with Gasteiger partial charge in [-0.2, -0.15) is 0 Å². The maximum Gasteiger partial charge on any atom is 0.113 e. The van der Waals surface area contributed by atoms with Gasteiger partial charge >= 0.3 is 0 Å². The van der Waals surface area contributed by atoms with E-state index in [0.29, 0.717) is 17.0 Å². The van der Waals surface area contributed by atoms with Crippen molar-refractivity contribution < 1.29 is 25.2 Å². The molecule has 4 N–H and O–H groups in total. The van der Waals surface area contributed by atoms with Gasteiger partial charge in [0.1, 0.15) is 30.5 Å². The quantitative estimate of drug-likeness (QED) is 0.556. The van der Waals surface area contributed by atoms with Gasteiger partial charge in [-0.3, -0.25) is 0 Å². The Hall–Kier alpha value is -1.12. The zero-order valence-corrected chi connectivity index (χ0v) is 17.4. The van der Waals surface area contributed by atoms with Gasteiger partial charge in [-0.25, -0.2) is 0 Å². The molecule has 29 heavy (non-hydrogen) atoms. The predicted molar refractivity (Wildman–Crippen MR) is 112 cm³/mol. The van der Waals surface area contributed by atoms with Crippen LogP contribution in [-0.4, -0.2) is 56.7 Å². The minimum atomic E-state index is -1.40. The molecule has 0 bridgehead atoms. The van der Waals surface area contributed by atoms with Gasteiger partial charge in [0, 0.05) is 15.2 Å². The minimum absolute atomic E-state index is 0.451. The van der Waals surface area contributed by atoms with Crippen molar-refractivity contribution in [2.75, 3.05) is 6.61 Å². The van der Waals surface area contributed by atoms with Crippen molar-refractivity contribution in [3.63, 3.8) is 0 Å². The Morgan fingerprint density at radius 1 is 0.966 bits per heavy atom. The highest BCUT2D eigenvalue weighted by Crippen LogP contribution is 2.39. The number of hydrogen-bond donors (Lipinski definition) is 4. The van der Waals surface area contributed by atoms with Crippen molar-refractivity contribution in [3.05, 3.63) is 64.2 Å². The van der Waals surface area contributed by atoms with Crippen LogP contribution in [0.15, 0.2) is 47.4 Å². The largest absolute Gasteiger partial charge is 0.394 e.